The molecule has 0 bridgehead atoms. The van der Waals surface area contributed by atoms with Crippen molar-refractivity contribution in [3.63, 3.8) is 0 Å². The summed E-state index contributed by atoms with van der Waals surface area (Å²) >= 11 is 0. The van der Waals surface area contributed by atoms with Gasteiger partial charge in [-0.3, -0.25) is 0 Å². The first kappa shape index (κ1) is 24.1. The van der Waals surface area contributed by atoms with E-state index in [0.717, 1.165) is 42.7 Å². The third kappa shape index (κ3) is 9.19. The van der Waals surface area contributed by atoms with Crippen molar-refractivity contribution in [1.29, 1.82) is 0 Å². The van der Waals surface area contributed by atoms with Gasteiger partial charge in [0.05, 0.1) is 0 Å². The first-order valence-electron chi connectivity index (χ1n) is 10.9. The Morgan fingerprint density at radius 3 is 2.33 bits per heavy atom. The van der Waals surface area contributed by atoms with Crippen molar-refractivity contribution in [1.82, 2.24) is 0 Å². The van der Waals surface area contributed by atoms with Crippen LogP contribution >= 0.6 is 0 Å². The van der Waals surface area contributed by atoms with Crippen molar-refractivity contribution < 1.29 is 13.9 Å². The Hall–Kier alpha value is -0.960. The number of hydrogen-bond donors (Lipinski definition) is 1. The minimum Gasteiger partial charge on any atom is -0.396 e. The molecule has 1 saturated carbocycles. The lowest BCUT2D eigenvalue weighted by Crippen LogP contribution is -2.20. The Bertz CT molecular complexity index is 487. The van der Waals surface area contributed by atoms with Crippen molar-refractivity contribution in [3.05, 3.63) is 36.0 Å². The quantitative estimate of drug-likeness (QED) is 0.343. The Labute approximate surface area is 165 Å². The highest BCUT2D eigenvalue weighted by atomic mass is 19.2. The molecule has 2 atom stereocenters. The number of aliphatic hydroxyl groups is 1. The summed E-state index contributed by atoms with van der Waals surface area (Å²) in [4.78, 5) is 0. The van der Waals surface area contributed by atoms with E-state index in [1.54, 1.807) is 0 Å². The van der Waals surface area contributed by atoms with Gasteiger partial charge in [-0.25, -0.2) is 8.78 Å². The van der Waals surface area contributed by atoms with Gasteiger partial charge in [0, 0.05) is 6.61 Å². The highest BCUT2D eigenvalue weighted by Gasteiger charge is 2.22. The second-order valence-electron chi connectivity index (χ2n) is 8.64. The van der Waals surface area contributed by atoms with Crippen LogP contribution in [0.1, 0.15) is 85.0 Å². The van der Waals surface area contributed by atoms with Crippen LogP contribution in [0.25, 0.3) is 0 Å². The summed E-state index contributed by atoms with van der Waals surface area (Å²) in [6, 6.07) is 0. The molecule has 0 aromatic rings. The van der Waals surface area contributed by atoms with Gasteiger partial charge in [-0.2, -0.15) is 0 Å². The standard InChI is InChI=1S/C24H40F2O/c1-5-8-21(10-7-9-20-13-11-18(3)12-14-20)22(17-27)15-19(4)16-24(26)23(25)6-2/h6,16,18,20-22,27H,2,5,7-15,17H2,1,3-4H3/b19-16+,24-23-. The number of allylic oxidation sites excluding steroid dienone is 5. The number of hydrogen-bond acceptors (Lipinski definition) is 1. The molecule has 1 rings (SSSR count). The summed E-state index contributed by atoms with van der Waals surface area (Å²) in [5.41, 5.74) is 0.769. The Morgan fingerprint density at radius 1 is 1.11 bits per heavy atom. The highest BCUT2D eigenvalue weighted by Crippen LogP contribution is 2.34. The maximum atomic E-state index is 13.7. The van der Waals surface area contributed by atoms with E-state index in [2.05, 4.69) is 20.4 Å². The van der Waals surface area contributed by atoms with Gasteiger partial charge in [0.1, 0.15) is 0 Å². The second-order valence-corrected chi connectivity index (χ2v) is 8.64. The average molecular weight is 383 g/mol. The third-order valence-corrected chi connectivity index (χ3v) is 6.25. The molecule has 1 fully saturated rings. The van der Waals surface area contributed by atoms with E-state index in [0.29, 0.717) is 12.3 Å². The number of aliphatic hydroxyl groups excluding tert-OH is 1. The molecule has 27 heavy (non-hydrogen) atoms. The van der Waals surface area contributed by atoms with Gasteiger partial charge in [-0.1, -0.05) is 83.8 Å². The van der Waals surface area contributed by atoms with Crippen molar-refractivity contribution in [2.45, 2.75) is 85.0 Å². The molecule has 1 nitrogen and oxygen atoms in total. The van der Waals surface area contributed by atoms with Gasteiger partial charge in [0.15, 0.2) is 11.7 Å². The first-order valence-corrected chi connectivity index (χ1v) is 10.9. The lowest BCUT2D eigenvalue weighted by Gasteiger charge is -2.29. The van der Waals surface area contributed by atoms with Crippen LogP contribution in [-0.4, -0.2) is 11.7 Å². The van der Waals surface area contributed by atoms with Gasteiger partial charge < -0.3 is 5.11 Å². The molecule has 1 aliphatic carbocycles. The number of halogens is 2. The van der Waals surface area contributed by atoms with Crippen LogP contribution < -0.4 is 0 Å². The predicted molar refractivity (Wildman–Crippen MR) is 112 cm³/mol. The van der Waals surface area contributed by atoms with Gasteiger partial charge in [0.25, 0.3) is 0 Å². The molecule has 1 aliphatic rings. The van der Waals surface area contributed by atoms with Gasteiger partial charge in [-0.15, -0.1) is 0 Å². The average Bonchev–Trinajstić information content (AvgIpc) is 2.66. The van der Waals surface area contributed by atoms with Crippen LogP contribution in [0.15, 0.2) is 36.0 Å². The highest BCUT2D eigenvalue weighted by molar-refractivity contribution is 5.25. The molecule has 0 aromatic heterocycles. The lowest BCUT2D eigenvalue weighted by atomic mass is 9.78. The summed E-state index contributed by atoms with van der Waals surface area (Å²) in [5.74, 6) is 0.524. The van der Waals surface area contributed by atoms with E-state index in [1.807, 2.05) is 6.92 Å². The molecular formula is C24H40F2O. The second kappa shape index (κ2) is 13.3. The summed E-state index contributed by atoms with van der Waals surface area (Å²) < 4.78 is 26.9. The molecule has 156 valence electrons. The van der Waals surface area contributed by atoms with Crippen molar-refractivity contribution >= 4 is 0 Å². The SMILES string of the molecule is C=C/C(F)=C(F)\C=C(/C)CC(CO)C(CCC)CCCC1CCC(C)CC1. The maximum absolute atomic E-state index is 13.7. The van der Waals surface area contributed by atoms with Gasteiger partial charge in [-0.05, 0) is 49.2 Å². The van der Waals surface area contributed by atoms with E-state index >= 15 is 0 Å². The molecule has 0 spiro atoms. The molecule has 0 heterocycles. The molecule has 2 unspecified atom stereocenters. The van der Waals surface area contributed by atoms with Crippen LogP contribution in [0.3, 0.4) is 0 Å². The van der Waals surface area contributed by atoms with Crippen molar-refractivity contribution in [3.8, 4) is 0 Å². The van der Waals surface area contributed by atoms with Gasteiger partial charge >= 0.3 is 0 Å². The fourth-order valence-electron chi connectivity index (χ4n) is 4.51. The van der Waals surface area contributed by atoms with Gasteiger partial charge in [0.2, 0.25) is 0 Å². The summed E-state index contributed by atoms with van der Waals surface area (Å²) in [5, 5.41) is 9.92. The van der Waals surface area contributed by atoms with Crippen LogP contribution in [0, 0.1) is 23.7 Å². The largest absolute Gasteiger partial charge is 0.396 e. The number of rotatable bonds is 12. The summed E-state index contributed by atoms with van der Waals surface area (Å²) in [7, 11) is 0. The van der Waals surface area contributed by atoms with E-state index in [4.69, 9.17) is 0 Å². The third-order valence-electron chi connectivity index (χ3n) is 6.25. The zero-order valence-corrected chi connectivity index (χ0v) is 17.7. The van der Waals surface area contributed by atoms with Crippen LogP contribution in [0.2, 0.25) is 0 Å². The fourth-order valence-corrected chi connectivity index (χ4v) is 4.51. The minimum atomic E-state index is -0.929. The monoisotopic (exact) mass is 382 g/mol. The summed E-state index contributed by atoms with van der Waals surface area (Å²) in [6.07, 6.45) is 14.0. The molecule has 3 heteroatoms. The Morgan fingerprint density at radius 2 is 1.78 bits per heavy atom. The summed E-state index contributed by atoms with van der Waals surface area (Å²) in [6.45, 7) is 9.70. The Balaban J connectivity index is 2.58. The Kier molecular flexibility index (Phi) is 11.8. The molecule has 0 saturated heterocycles. The van der Waals surface area contributed by atoms with Crippen molar-refractivity contribution in [2.24, 2.45) is 23.7 Å². The van der Waals surface area contributed by atoms with E-state index in [1.165, 1.54) is 44.6 Å². The molecule has 0 amide bonds. The van der Waals surface area contributed by atoms with Crippen molar-refractivity contribution in [2.75, 3.05) is 6.61 Å². The van der Waals surface area contributed by atoms with Crippen LogP contribution in [-0.2, 0) is 0 Å². The zero-order valence-electron chi connectivity index (χ0n) is 17.7. The maximum Gasteiger partial charge on any atom is 0.158 e. The van der Waals surface area contributed by atoms with Crippen LogP contribution in [0.5, 0.6) is 0 Å². The van der Waals surface area contributed by atoms with E-state index < -0.39 is 11.7 Å². The molecule has 1 N–H and O–H groups in total. The smallest absolute Gasteiger partial charge is 0.158 e. The molecule has 0 aromatic carbocycles. The van der Waals surface area contributed by atoms with E-state index in [9.17, 15) is 13.9 Å². The molecule has 0 aliphatic heterocycles. The van der Waals surface area contributed by atoms with E-state index in [-0.39, 0.29) is 12.5 Å². The molecule has 0 radical (unpaired) electrons. The van der Waals surface area contributed by atoms with Crippen LogP contribution in [0.4, 0.5) is 8.78 Å². The fraction of sp³-hybridized carbons (Fsp3) is 0.750. The predicted octanol–water partition coefficient (Wildman–Crippen LogP) is 7.68. The lowest BCUT2D eigenvalue weighted by molar-refractivity contribution is 0.156. The first-order chi connectivity index (χ1) is 12.9. The zero-order chi connectivity index (χ0) is 20.2. The topological polar surface area (TPSA) is 20.2 Å². The molecular weight excluding hydrogens is 342 g/mol. The minimum absolute atomic E-state index is 0.103. The normalized spacial score (nSPS) is 24.3.